The summed E-state index contributed by atoms with van der Waals surface area (Å²) in [5.41, 5.74) is 0.592. The van der Waals surface area contributed by atoms with Gasteiger partial charge in [-0.2, -0.15) is 0 Å². The van der Waals surface area contributed by atoms with Crippen molar-refractivity contribution in [2.75, 3.05) is 24.7 Å². The first-order chi connectivity index (χ1) is 8.27. The number of aliphatic hydroxyl groups is 1. The average molecular weight is 258 g/mol. The Labute approximate surface area is 105 Å². The first-order valence-corrected chi connectivity index (χ1v) is 6.10. The van der Waals surface area contributed by atoms with Crippen molar-refractivity contribution in [3.63, 3.8) is 0 Å². The van der Waals surface area contributed by atoms with Crippen molar-refractivity contribution in [2.24, 2.45) is 0 Å². The fourth-order valence-electron chi connectivity index (χ4n) is 2.04. The number of anilines is 1. The Balaban J connectivity index is 2.34. The zero-order valence-corrected chi connectivity index (χ0v) is 10.5. The molecule has 0 amide bonds. The third kappa shape index (κ3) is 2.51. The lowest BCUT2D eigenvalue weighted by Gasteiger charge is -2.36. The molecule has 1 aliphatic heterocycles. The molecule has 6 heteroatoms. The number of nitrogens with zero attached hydrogens (tertiary/aromatic N) is 3. The predicted octanol–water partition coefficient (Wildman–Crippen LogP) is 1.24. The topological polar surface area (TPSA) is 58.5 Å². The number of aliphatic hydroxyl groups excluding tert-OH is 1. The summed E-state index contributed by atoms with van der Waals surface area (Å²) >= 11 is 5.97. The molecule has 0 spiro atoms. The Morgan fingerprint density at radius 1 is 1.59 bits per heavy atom. The van der Waals surface area contributed by atoms with Crippen molar-refractivity contribution in [3.8, 4) is 0 Å². The third-order valence-corrected chi connectivity index (χ3v) is 3.32. The van der Waals surface area contributed by atoms with E-state index < -0.39 is 0 Å². The van der Waals surface area contributed by atoms with Crippen LogP contribution >= 0.6 is 11.6 Å². The smallest absolute Gasteiger partial charge is 0.140 e. The summed E-state index contributed by atoms with van der Waals surface area (Å²) in [5, 5.41) is 9.68. The van der Waals surface area contributed by atoms with Gasteiger partial charge in [0, 0.05) is 6.54 Å². The van der Waals surface area contributed by atoms with Crippen LogP contribution in [0.3, 0.4) is 0 Å². The zero-order chi connectivity index (χ0) is 12.3. The number of morpholine rings is 1. The molecule has 0 aliphatic carbocycles. The Morgan fingerprint density at radius 3 is 3.12 bits per heavy atom. The number of hydrogen-bond donors (Lipinski definition) is 1. The zero-order valence-electron chi connectivity index (χ0n) is 9.77. The molecule has 0 radical (unpaired) electrons. The highest BCUT2D eigenvalue weighted by Crippen LogP contribution is 2.26. The van der Waals surface area contributed by atoms with Crippen LogP contribution in [0.5, 0.6) is 0 Å². The van der Waals surface area contributed by atoms with Gasteiger partial charge in [0.1, 0.15) is 17.3 Å². The Bertz CT molecular complexity index is 389. The summed E-state index contributed by atoms with van der Waals surface area (Å²) in [6.45, 7) is 4.07. The minimum absolute atomic E-state index is 0.150. The Morgan fingerprint density at radius 2 is 2.41 bits per heavy atom. The molecule has 0 aromatic carbocycles. The van der Waals surface area contributed by atoms with Crippen LogP contribution in [0.4, 0.5) is 5.82 Å². The fraction of sp³-hybridized carbons (Fsp3) is 0.636. The molecular weight excluding hydrogens is 242 g/mol. The van der Waals surface area contributed by atoms with Crippen LogP contribution < -0.4 is 4.90 Å². The van der Waals surface area contributed by atoms with Crippen molar-refractivity contribution in [2.45, 2.75) is 26.0 Å². The van der Waals surface area contributed by atoms with Gasteiger partial charge in [-0.1, -0.05) is 18.5 Å². The molecule has 1 aromatic rings. The SMILES string of the molecule is CCC1COCCN1c1ncnc(Cl)c1CO. The molecule has 2 rings (SSSR count). The first kappa shape index (κ1) is 12.5. The van der Waals surface area contributed by atoms with Crippen LogP contribution in [0.15, 0.2) is 6.33 Å². The van der Waals surface area contributed by atoms with E-state index in [0.29, 0.717) is 23.9 Å². The van der Waals surface area contributed by atoms with Gasteiger partial charge in [0.15, 0.2) is 0 Å². The molecule has 1 fully saturated rings. The van der Waals surface area contributed by atoms with Gasteiger partial charge < -0.3 is 14.7 Å². The average Bonchev–Trinajstić information content (AvgIpc) is 2.38. The lowest BCUT2D eigenvalue weighted by atomic mass is 10.1. The summed E-state index contributed by atoms with van der Waals surface area (Å²) in [6.07, 6.45) is 2.39. The quantitative estimate of drug-likeness (QED) is 0.826. The fourth-order valence-corrected chi connectivity index (χ4v) is 2.23. The van der Waals surface area contributed by atoms with Crippen LogP contribution in [-0.2, 0) is 11.3 Å². The summed E-state index contributed by atoms with van der Waals surface area (Å²) in [7, 11) is 0. The van der Waals surface area contributed by atoms with Crippen molar-refractivity contribution in [3.05, 3.63) is 17.0 Å². The van der Waals surface area contributed by atoms with E-state index in [0.717, 1.165) is 18.8 Å². The van der Waals surface area contributed by atoms with Crippen molar-refractivity contribution in [1.82, 2.24) is 9.97 Å². The molecular formula is C11H16ClN3O2. The maximum absolute atomic E-state index is 9.37. The lowest BCUT2D eigenvalue weighted by molar-refractivity contribution is 0.0923. The lowest BCUT2D eigenvalue weighted by Crippen LogP contribution is -2.46. The molecule has 17 heavy (non-hydrogen) atoms. The molecule has 1 N–H and O–H groups in total. The molecule has 1 atom stereocenters. The Kier molecular flexibility index (Phi) is 4.15. The number of aromatic nitrogens is 2. The molecule has 2 heterocycles. The monoisotopic (exact) mass is 257 g/mol. The summed E-state index contributed by atoms with van der Waals surface area (Å²) in [6, 6.07) is 0.278. The predicted molar refractivity (Wildman–Crippen MR) is 65.2 cm³/mol. The van der Waals surface area contributed by atoms with E-state index in [1.807, 2.05) is 0 Å². The highest BCUT2D eigenvalue weighted by atomic mass is 35.5. The van der Waals surface area contributed by atoms with E-state index in [4.69, 9.17) is 16.3 Å². The van der Waals surface area contributed by atoms with Gasteiger partial charge in [-0.3, -0.25) is 0 Å². The van der Waals surface area contributed by atoms with Crippen LogP contribution in [0, 0.1) is 0 Å². The maximum atomic E-state index is 9.37. The summed E-state index contributed by atoms with van der Waals surface area (Å²) in [4.78, 5) is 10.3. The van der Waals surface area contributed by atoms with Crippen LogP contribution in [0.1, 0.15) is 18.9 Å². The second kappa shape index (κ2) is 5.62. The van der Waals surface area contributed by atoms with Crippen LogP contribution in [0.25, 0.3) is 0 Å². The second-order valence-corrected chi connectivity index (χ2v) is 4.31. The van der Waals surface area contributed by atoms with E-state index in [2.05, 4.69) is 21.8 Å². The summed E-state index contributed by atoms with van der Waals surface area (Å²) in [5.74, 6) is 0.725. The minimum atomic E-state index is -0.150. The molecule has 1 unspecified atom stereocenters. The second-order valence-electron chi connectivity index (χ2n) is 3.96. The highest BCUT2D eigenvalue weighted by molar-refractivity contribution is 6.30. The molecule has 0 saturated carbocycles. The van der Waals surface area contributed by atoms with Crippen molar-refractivity contribution in [1.29, 1.82) is 0 Å². The van der Waals surface area contributed by atoms with Crippen molar-refractivity contribution >= 4 is 17.4 Å². The molecule has 0 bridgehead atoms. The van der Waals surface area contributed by atoms with Gasteiger partial charge in [0.2, 0.25) is 0 Å². The van der Waals surface area contributed by atoms with E-state index in [-0.39, 0.29) is 12.6 Å². The van der Waals surface area contributed by atoms with Gasteiger partial charge in [-0.25, -0.2) is 9.97 Å². The van der Waals surface area contributed by atoms with Gasteiger partial charge in [-0.15, -0.1) is 0 Å². The van der Waals surface area contributed by atoms with Crippen LogP contribution in [-0.4, -0.2) is 40.9 Å². The van der Waals surface area contributed by atoms with Gasteiger partial charge >= 0.3 is 0 Å². The largest absolute Gasteiger partial charge is 0.391 e. The standard InChI is InChI=1S/C11H16ClN3O2/c1-2-8-6-17-4-3-15(8)11-9(5-16)10(12)13-7-14-11/h7-8,16H,2-6H2,1H3. The van der Waals surface area contributed by atoms with Crippen molar-refractivity contribution < 1.29 is 9.84 Å². The van der Waals surface area contributed by atoms with Gasteiger partial charge in [0.25, 0.3) is 0 Å². The van der Waals surface area contributed by atoms with Gasteiger partial charge in [0.05, 0.1) is 31.4 Å². The number of hydrogen-bond acceptors (Lipinski definition) is 5. The number of halogens is 1. The maximum Gasteiger partial charge on any atom is 0.140 e. The number of ether oxygens (including phenoxy) is 1. The molecule has 1 saturated heterocycles. The van der Waals surface area contributed by atoms with Gasteiger partial charge in [-0.05, 0) is 6.42 Å². The third-order valence-electron chi connectivity index (χ3n) is 3.00. The van der Waals surface area contributed by atoms with E-state index in [1.54, 1.807) is 0 Å². The Hall–Kier alpha value is -0.910. The minimum Gasteiger partial charge on any atom is -0.391 e. The first-order valence-electron chi connectivity index (χ1n) is 5.72. The number of rotatable bonds is 3. The summed E-state index contributed by atoms with van der Waals surface area (Å²) < 4.78 is 5.45. The van der Waals surface area contributed by atoms with E-state index >= 15 is 0 Å². The normalized spacial score (nSPS) is 20.6. The molecule has 5 nitrogen and oxygen atoms in total. The molecule has 94 valence electrons. The van der Waals surface area contributed by atoms with E-state index in [1.165, 1.54) is 6.33 Å². The molecule has 1 aromatic heterocycles. The highest BCUT2D eigenvalue weighted by Gasteiger charge is 2.25. The molecule has 1 aliphatic rings. The van der Waals surface area contributed by atoms with Crippen LogP contribution in [0.2, 0.25) is 5.15 Å². The van der Waals surface area contributed by atoms with E-state index in [9.17, 15) is 5.11 Å².